The third kappa shape index (κ3) is 2.20. The number of rotatable bonds is 3. The van der Waals surface area contributed by atoms with E-state index in [2.05, 4.69) is 4.98 Å². The molecule has 160 valence electrons. The summed E-state index contributed by atoms with van der Waals surface area (Å²) >= 11 is 0. The molecule has 1 N–H and O–H groups in total. The van der Waals surface area contributed by atoms with Crippen molar-refractivity contribution in [1.29, 1.82) is 0 Å². The van der Waals surface area contributed by atoms with Gasteiger partial charge >= 0.3 is 0 Å². The minimum absolute atomic E-state index is 0.0925. The average Bonchev–Trinajstić information content (AvgIpc) is 3.17. The summed E-state index contributed by atoms with van der Waals surface area (Å²) in [5, 5.41) is 10.9. The first-order chi connectivity index (χ1) is 15.1. The summed E-state index contributed by atoms with van der Waals surface area (Å²) in [4.78, 5) is 16.3. The second-order valence-electron chi connectivity index (χ2n) is 9.80. The molecule has 1 aliphatic heterocycles. The van der Waals surface area contributed by atoms with Crippen LogP contribution in [0.4, 0.5) is 0 Å². The smallest absolute Gasteiger partial charge is 0.260 e. The first-order valence-electron chi connectivity index (χ1n) is 11.2. The fraction of sp³-hybridized carbons (Fsp3) is 0.480. The molecule has 4 saturated carbocycles. The first-order valence-corrected chi connectivity index (χ1v) is 11.2. The maximum absolute atomic E-state index is 10.9. The van der Waals surface area contributed by atoms with Gasteiger partial charge in [-0.25, -0.2) is 9.87 Å². The van der Waals surface area contributed by atoms with Crippen LogP contribution in [0, 0.1) is 23.7 Å². The SMILES string of the molecule is COC1(c2ccc(-c3nc4ccccc4o3)c(O)c2)OOC12C1CC3CC(C1)CC2C3. The molecule has 4 aliphatic carbocycles. The van der Waals surface area contributed by atoms with Gasteiger partial charge in [0.15, 0.2) is 11.2 Å². The molecule has 0 radical (unpaired) electrons. The van der Waals surface area contributed by atoms with Crippen molar-refractivity contribution in [2.24, 2.45) is 23.7 Å². The topological polar surface area (TPSA) is 74.0 Å². The van der Waals surface area contributed by atoms with E-state index in [1.807, 2.05) is 36.4 Å². The van der Waals surface area contributed by atoms with Crippen molar-refractivity contribution < 1.29 is 24.0 Å². The van der Waals surface area contributed by atoms with Crippen molar-refractivity contribution in [2.45, 2.75) is 43.5 Å². The van der Waals surface area contributed by atoms with Gasteiger partial charge in [0.2, 0.25) is 5.89 Å². The molecule has 1 aromatic heterocycles. The Kier molecular flexibility index (Phi) is 3.57. The van der Waals surface area contributed by atoms with Gasteiger partial charge in [-0.2, -0.15) is 4.89 Å². The maximum Gasteiger partial charge on any atom is 0.260 e. The van der Waals surface area contributed by atoms with E-state index in [1.165, 1.54) is 32.1 Å². The van der Waals surface area contributed by atoms with E-state index in [-0.39, 0.29) is 5.75 Å². The normalized spacial score (nSPS) is 38.1. The van der Waals surface area contributed by atoms with Crippen molar-refractivity contribution in [3.63, 3.8) is 0 Å². The minimum Gasteiger partial charge on any atom is -0.507 e. The lowest BCUT2D eigenvalue weighted by Crippen LogP contribution is -2.76. The zero-order valence-electron chi connectivity index (χ0n) is 17.4. The van der Waals surface area contributed by atoms with Gasteiger partial charge in [-0.1, -0.05) is 18.2 Å². The highest BCUT2D eigenvalue weighted by atomic mass is 17.3. The molecule has 0 amide bonds. The van der Waals surface area contributed by atoms with E-state index in [0.29, 0.717) is 28.9 Å². The number of benzene rings is 2. The number of oxazole rings is 1. The number of hydrogen-bond acceptors (Lipinski definition) is 6. The highest BCUT2D eigenvalue weighted by molar-refractivity contribution is 5.77. The fourth-order valence-electron chi connectivity index (χ4n) is 7.26. The van der Waals surface area contributed by atoms with Crippen LogP contribution in [-0.2, 0) is 20.3 Å². The molecule has 1 atom stereocenters. The number of fused-ring (bicyclic) bond motifs is 1. The summed E-state index contributed by atoms with van der Waals surface area (Å²) in [5.41, 5.74) is 2.31. The number of ether oxygens (including phenoxy) is 1. The Balaban J connectivity index is 1.30. The number of para-hydroxylation sites is 2. The number of aromatic nitrogens is 1. The minimum atomic E-state index is -0.993. The summed E-state index contributed by atoms with van der Waals surface area (Å²) in [5.74, 6) is 1.96. The third-order valence-electron chi connectivity index (χ3n) is 8.35. The van der Waals surface area contributed by atoms with Gasteiger partial charge in [0.05, 0.1) is 5.56 Å². The van der Waals surface area contributed by atoms with Crippen LogP contribution in [0.25, 0.3) is 22.6 Å². The predicted molar refractivity (Wildman–Crippen MR) is 112 cm³/mol. The molecule has 1 unspecified atom stereocenters. The standard InChI is InChI=1S/C25H25NO5/c1-28-25(24(30-31-25)17-9-14-8-15(11-17)12-18(24)10-14)16-6-7-19(21(27)13-16)23-26-20-4-2-3-5-22(20)29-23/h2-7,13-15,17-18,27H,8-12H2,1H3. The molecule has 5 aliphatic rings. The molecule has 8 rings (SSSR count). The molecule has 31 heavy (non-hydrogen) atoms. The number of phenolic OH excluding ortho intramolecular Hbond substituents is 1. The van der Waals surface area contributed by atoms with Crippen molar-refractivity contribution in [1.82, 2.24) is 4.98 Å². The van der Waals surface area contributed by atoms with Crippen molar-refractivity contribution >= 4 is 11.1 Å². The Bertz CT molecular complexity index is 1120. The molecule has 1 saturated heterocycles. The molecule has 1 spiro atoms. The van der Waals surface area contributed by atoms with Crippen LogP contribution in [0.5, 0.6) is 5.75 Å². The predicted octanol–water partition coefficient (Wildman–Crippen LogP) is 5.16. The van der Waals surface area contributed by atoms with Crippen molar-refractivity contribution in [3.05, 3.63) is 48.0 Å². The summed E-state index contributed by atoms with van der Waals surface area (Å²) in [6, 6.07) is 13.1. The van der Waals surface area contributed by atoms with Gasteiger partial charge in [0, 0.05) is 12.7 Å². The monoisotopic (exact) mass is 419 g/mol. The van der Waals surface area contributed by atoms with E-state index in [9.17, 15) is 5.11 Å². The van der Waals surface area contributed by atoms with E-state index in [1.54, 1.807) is 13.2 Å². The molecule has 4 bridgehead atoms. The van der Waals surface area contributed by atoms with Crippen LogP contribution in [0.2, 0.25) is 0 Å². The van der Waals surface area contributed by atoms with Crippen LogP contribution in [0.3, 0.4) is 0 Å². The zero-order valence-corrected chi connectivity index (χ0v) is 17.4. The van der Waals surface area contributed by atoms with Gasteiger partial charge in [0.1, 0.15) is 11.3 Å². The Labute approximate surface area is 180 Å². The molecule has 6 heteroatoms. The fourth-order valence-corrected chi connectivity index (χ4v) is 7.26. The van der Waals surface area contributed by atoms with Crippen molar-refractivity contribution in [3.8, 4) is 17.2 Å². The average molecular weight is 419 g/mol. The molecule has 2 aromatic carbocycles. The van der Waals surface area contributed by atoms with Crippen LogP contribution in [-0.4, -0.2) is 22.8 Å². The van der Waals surface area contributed by atoms with Gasteiger partial charge in [-0.15, -0.1) is 0 Å². The Morgan fingerprint density at radius 2 is 1.71 bits per heavy atom. The summed E-state index contributed by atoms with van der Waals surface area (Å²) in [7, 11) is 1.68. The van der Waals surface area contributed by atoms with Crippen LogP contribution < -0.4 is 0 Å². The molecular weight excluding hydrogens is 394 g/mol. The Hall–Kier alpha value is -2.41. The largest absolute Gasteiger partial charge is 0.507 e. The summed E-state index contributed by atoms with van der Waals surface area (Å²) in [6.07, 6.45) is 6.07. The molecule has 3 aromatic rings. The second kappa shape index (κ2) is 6.09. The molecule has 2 heterocycles. The number of methoxy groups -OCH3 is 1. The van der Waals surface area contributed by atoms with Crippen LogP contribution >= 0.6 is 0 Å². The van der Waals surface area contributed by atoms with E-state index < -0.39 is 11.4 Å². The number of phenols is 1. The van der Waals surface area contributed by atoms with E-state index in [0.717, 1.165) is 22.9 Å². The maximum atomic E-state index is 10.9. The summed E-state index contributed by atoms with van der Waals surface area (Å²) < 4.78 is 11.9. The highest BCUT2D eigenvalue weighted by Gasteiger charge is 2.76. The van der Waals surface area contributed by atoms with E-state index >= 15 is 0 Å². The lowest BCUT2D eigenvalue weighted by Gasteiger charge is -2.68. The Morgan fingerprint density at radius 3 is 2.32 bits per heavy atom. The van der Waals surface area contributed by atoms with Crippen LogP contribution in [0.15, 0.2) is 46.9 Å². The highest BCUT2D eigenvalue weighted by Crippen LogP contribution is 2.69. The van der Waals surface area contributed by atoms with Gasteiger partial charge in [-0.3, -0.25) is 0 Å². The lowest BCUT2D eigenvalue weighted by molar-refractivity contribution is -0.645. The van der Waals surface area contributed by atoms with Crippen LogP contribution in [0.1, 0.15) is 37.7 Å². The lowest BCUT2D eigenvalue weighted by atomic mass is 9.47. The van der Waals surface area contributed by atoms with E-state index in [4.69, 9.17) is 18.9 Å². The van der Waals surface area contributed by atoms with Crippen molar-refractivity contribution in [2.75, 3.05) is 7.11 Å². The van der Waals surface area contributed by atoms with Gasteiger partial charge < -0.3 is 14.3 Å². The number of hydrogen-bond donors (Lipinski definition) is 1. The third-order valence-corrected chi connectivity index (χ3v) is 8.35. The molecular formula is C25H25NO5. The molecule has 6 nitrogen and oxygen atoms in total. The quantitative estimate of drug-likeness (QED) is 0.592. The van der Waals surface area contributed by atoms with Gasteiger partial charge in [-0.05, 0) is 80.0 Å². The second-order valence-corrected chi connectivity index (χ2v) is 9.80. The Morgan fingerprint density at radius 1 is 0.968 bits per heavy atom. The zero-order chi connectivity index (χ0) is 20.8. The first kappa shape index (κ1) is 18.2. The summed E-state index contributed by atoms with van der Waals surface area (Å²) in [6.45, 7) is 0. The van der Waals surface area contributed by atoms with Gasteiger partial charge in [0.25, 0.3) is 5.79 Å². The number of nitrogens with zero attached hydrogens (tertiary/aromatic N) is 1. The molecule has 5 fully saturated rings. The number of aromatic hydroxyl groups is 1.